The number of hydrogen-bond acceptors (Lipinski definition) is 2. The van der Waals surface area contributed by atoms with Gasteiger partial charge in [0.25, 0.3) is 5.91 Å². The number of carbonyl (C=O) groups is 1. The van der Waals surface area contributed by atoms with Crippen molar-refractivity contribution in [2.75, 3.05) is 5.01 Å². The third-order valence-electron chi connectivity index (χ3n) is 3.64. The smallest absolute Gasteiger partial charge is 0.267 e. The van der Waals surface area contributed by atoms with E-state index in [2.05, 4.69) is 5.10 Å². The second-order valence-electron chi connectivity index (χ2n) is 5.33. The zero-order chi connectivity index (χ0) is 19.2. The van der Waals surface area contributed by atoms with E-state index in [9.17, 15) is 26.7 Å². The van der Waals surface area contributed by atoms with Gasteiger partial charge in [-0.05, 0) is 30.7 Å². The number of nitrogens with zero attached hydrogens (tertiary/aromatic N) is 2. The maximum atomic E-state index is 13.9. The summed E-state index contributed by atoms with van der Waals surface area (Å²) >= 11 is 5.76. The van der Waals surface area contributed by atoms with Crippen LogP contribution < -0.4 is 5.01 Å². The van der Waals surface area contributed by atoms with Crippen molar-refractivity contribution < 1.29 is 26.7 Å². The highest BCUT2D eigenvalue weighted by atomic mass is 35.5. The number of hydrogen-bond donors (Lipinski definition) is 0. The lowest BCUT2D eigenvalue weighted by Crippen LogP contribution is -2.25. The molecule has 1 aliphatic heterocycles. The number of hydrazone groups is 1. The number of halogens is 6. The Bertz CT molecular complexity index is 957. The third kappa shape index (κ3) is 2.86. The number of carbonyl (C=O) groups excluding carboxylic acids is 1. The first-order valence-electron chi connectivity index (χ1n) is 7.11. The van der Waals surface area contributed by atoms with Gasteiger partial charge in [0.1, 0.15) is 5.69 Å². The van der Waals surface area contributed by atoms with Crippen molar-refractivity contribution in [1.82, 2.24) is 0 Å². The topological polar surface area (TPSA) is 32.7 Å². The van der Waals surface area contributed by atoms with Crippen LogP contribution >= 0.6 is 11.6 Å². The van der Waals surface area contributed by atoms with Crippen molar-refractivity contribution in [1.29, 1.82) is 0 Å². The maximum Gasteiger partial charge on any atom is 0.280 e. The lowest BCUT2D eigenvalue weighted by atomic mass is 10.1. The second-order valence-corrected chi connectivity index (χ2v) is 5.77. The number of anilines is 1. The summed E-state index contributed by atoms with van der Waals surface area (Å²) in [7, 11) is 0. The van der Waals surface area contributed by atoms with Crippen molar-refractivity contribution in [2.45, 2.75) is 6.92 Å². The van der Waals surface area contributed by atoms with E-state index in [0.717, 1.165) is 0 Å². The Hall–Kier alpha value is -2.74. The van der Waals surface area contributed by atoms with Gasteiger partial charge in [-0.1, -0.05) is 23.7 Å². The minimum Gasteiger partial charge on any atom is -0.267 e. The van der Waals surface area contributed by atoms with Crippen molar-refractivity contribution >= 4 is 35.0 Å². The zero-order valence-electron chi connectivity index (χ0n) is 13.0. The van der Waals surface area contributed by atoms with Gasteiger partial charge in [-0.2, -0.15) is 10.1 Å². The molecule has 0 atom stereocenters. The van der Waals surface area contributed by atoms with Gasteiger partial charge in [0, 0.05) is 5.02 Å². The molecule has 0 aromatic heterocycles. The van der Waals surface area contributed by atoms with E-state index in [0.29, 0.717) is 10.6 Å². The standard InChI is InChI=1S/C17H8ClF5N2O/c1-7-10(6-8-2-4-9(18)5-3-8)17(26)25(24-7)16-14(22)12(20)11(19)13(21)15(16)23/h2-6H,1H3. The Morgan fingerprint density at radius 1 is 0.923 bits per heavy atom. The van der Waals surface area contributed by atoms with E-state index in [1.54, 1.807) is 24.3 Å². The molecule has 0 radical (unpaired) electrons. The molecule has 134 valence electrons. The van der Waals surface area contributed by atoms with Gasteiger partial charge in [0.15, 0.2) is 23.3 Å². The Morgan fingerprint density at radius 3 is 1.96 bits per heavy atom. The van der Waals surface area contributed by atoms with Crippen molar-refractivity contribution in [3.05, 3.63) is 69.5 Å². The van der Waals surface area contributed by atoms with E-state index in [1.165, 1.54) is 13.0 Å². The van der Waals surface area contributed by atoms with E-state index in [-0.39, 0.29) is 16.3 Å². The molecule has 0 bridgehead atoms. The predicted molar refractivity (Wildman–Crippen MR) is 86.3 cm³/mol. The monoisotopic (exact) mass is 386 g/mol. The van der Waals surface area contributed by atoms with Crippen molar-refractivity contribution in [3.8, 4) is 0 Å². The normalized spacial score (nSPS) is 15.8. The molecule has 3 nitrogen and oxygen atoms in total. The van der Waals surface area contributed by atoms with E-state index >= 15 is 0 Å². The summed E-state index contributed by atoms with van der Waals surface area (Å²) in [5.41, 5.74) is -0.901. The number of rotatable bonds is 2. The van der Waals surface area contributed by atoms with Crippen molar-refractivity contribution in [2.24, 2.45) is 5.10 Å². The van der Waals surface area contributed by atoms with Gasteiger partial charge < -0.3 is 0 Å². The quantitative estimate of drug-likeness (QED) is 0.314. The zero-order valence-corrected chi connectivity index (χ0v) is 13.7. The van der Waals surface area contributed by atoms with Gasteiger partial charge in [0.05, 0.1) is 11.3 Å². The molecule has 2 aromatic rings. The summed E-state index contributed by atoms with van der Waals surface area (Å²) in [6.45, 7) is 1.37. The van der Waals surface area contributed by atoms with E-state index < -0.39 is 40.7 Å². The van der Waals surface area contributed by atoms with E-state index in [1.807, 2.05) is 0 Å². The summed E-state index contributed by atoms with van der Waals surface area (Å²) in [4.78, 5) is 12.4. The first-order chi connectivity index (χ1) is 12.2. The van der Waals surface area contributed by atoms with E-state index in [4.69, 9.17) is 11.6 Å². The molecule has 1 amide bonds. The molecule has 0 aliphatic carbocycles. The number of benzene rings is 2. The van der Waals surface area contributed by atoms with Crippen LogP contribution in [0.15, 0.2) is 34.9 Å². The molecule has 0 fully saturated rings. The summed E-state index contributed by atoms with van der Waals surface area (Å²) in [5.74, 6) is -11.9. The van der Waals surface area contributed by atoms with Crippen LogP contribution in [0.25, 0.3) is 6.08 Å². The fourth-order valence-corrected chi connectivity index (χ4v) is 2.47. The summed E-state index contributed by atoms with van der Waals surface area (Å²) in [6.07, 6.45) is 1.36. The molecule has 0 unspecified atom stereocenters. The molecule has 3 rings (SSSR count). The lowest BCUT2D eigenvalue weighted by molar-refractivity contribution is -0.114. The fraction of sp³-hybridized carbons (Fsp3) is 0.0588. The van der Waals surface area contributed by atoms with Crippen molar-refractivity contribution in [3.63, 3.8) is 0 Å². The average molecular weight is 387 g/mol. The summed E-state index contributed by atoms with van der Waals surface area (Å²) < 4.78 is 67.8. The SMILES string of the molecule is CC1=NN(c2c(F)c(F)c(F)c(F)c2F)C(=O)C1=Cc1ccc(Cl)cc1. The molecule has 26 heavy (non-hydrogen) atoms. The van der Waals surface area contributed by atoms with Crippen LogP contribution in [0, 0.1) is 29.1 Å². The van der Waals surface area contributed by atoms with Crippen LogP contribution in [0.5, 0.6) is 0 Å². The minimum atomic E-state index is -2.31. The third-order valence-corrected chi connectivity index (χ3v) is 3.89. The molecule has 0 saturated heterocycles. The van der Waals surface area contributed by atoms with Gasteiger partial charge in [-0.25, -0.2) is 22.0 Å². The molecule has 9 heteroatoms. The highest BCUT2D eigenvalue weighted by Gasteiger charge is 2.36. The molecule has 0 spiro atoms. The van der Waals surface area contributed by atoms with Crippen LogP contribution in [0.3, 0.4) is 0 Å². The van der Waals surface area contributed by atoms with Crippen LogP contribution in [-0.4, -0.2) is 11.6 Å². The summed E-state index contributed by atoms with van der Waals surface area (Å²) in [5, 5.41) is 4.26. The Kier molecular flexibility index (Phi) is 4.53. The Morgan fingerprint density at radius 2 is 1.42 bits per heavy atom. The van der Waals surface area contributed by atoms with Crippen LogP contribution in [-0.2, 0) is 4.79 Å². The fourth-order valence-electron chi connectivity index (χ4n) is 2.34. The summed E-state index contributed by atoms with van der Waals surface area (Å²) in [6, 6.07) is 6.28. The van der Waals surface area contributed by atoms with Gasteiger partial charge >= 0.3 is 0 Å². The highest BCUT2D eigenvalue weighted by Crippen LogP contribution is 2.34. The van der Waals surface area contributed by atoms with Gasteiger partial charge in [0.2, 0.25) is 5.82 Å². The molecule has 0 saturated carbocycles. The predicted octanol–water partition coefficient (Wildman–Crippen LogP) is 4.84. The molecule has 1 heterocycles. The first kappa shape index (κ1) is 18.1. The largest absolute Gasteiger partial charge is 0.280 e. The first-order valence-corrected chi connectivity index (χ1v) is 7.49. The molecule has 1 aliphatic rings. The molecular formula is C17H8ClF5N2O. The van der Waals surface area contributed by atoms with Crippen LogP contribution in [0.2, 0.25) is 5.02 Å². The number of amides is 1. The second kappa shape index (κ2) is 6.53. The average Bonchev–Trinajstić information content (AvgIpc) is 2.88. The maximum absolute atomic E-state index is 13.9. The molecule has 2 aromatic carbocycles. The minimum absolute atomic E-state index is 0.0499. The Labute approximate surface area is 149 Å². The molecular weight excluding hydrogens is 379 g/mol. The lowest BCUT2D eigenvalue weighted by Gasteiger charge is -2.15. The van der Waals surface area contributed by atoms with Crippen LogP contribution in [0.4, 0.5) is 27.6 Å². The highest BCUT2D eigenvalue weighted by molar-refractivity contribution is 6.32. The Balaban J connectivity index is 2.08. The van der Waals surface area contributed by atoms with Gasteiger partial charge in [-0.15, -0.1) is 0 Å². The van der Waals surface area contributed by atoms with Gasteiger partial charge in [-0.3, -0.25) is 4.79 Å². The molecule has 0 N–H and O–H groups in total. The van der Waals surface area contributed by atoms with Crippen LogP contribution in [0.1, 0.15) is 12.5 Å².